The predicted octanol–water partition coefficient (Wildman–Crippen LogP) is -0.0916. The standard InChI is InChI=1S/C7H10N6O/c1-4-6(5(2)14-10-4)3-13-7(8)9-11-12-13/h3H2,1-2H3,(H2,8,9,12). The Bertz CT molecular complexity index is 425. The van der Waals surface area contributed by atoms with Crippen molar-refractivity contribution in [3.8, 4) is 0 Å². The molecule has 0 fully saturated rings. The first-order valence-electron chi connectivity index (χ1n) is 4.12. The van der Waals surface area contributed by atoms with Crippen molar-refractivity contribution in [2.45, 2.75) is 20.4 Å². The SMILES string of the molecule is Cc1noc(C)c1Cn1nnnc1N. The predicted molar refractivity (Wildman–Crippen MR) is 47.3 cm³/mol. The summed E-state index contributed by atoms with van der Waals surface area (Å²) in [7, 11) is 0. The van der Waals surface area contributed by atoms with E-state index in [1.54, 1.807) is 0 Å². The third-order valence-electron chi connectivity index (χ3n) is 2.05. The second-order valence-electron chi connectivity index (χ2n) is 3.00. The molecule has 0 amide bonds. The van der Waals surface area contributed by atoms with Gasteiger partial charge in [0.15, 0.2) is 0 Å². The summed E-state index contributed by atoms with van der Waals surface area (Å²) in [4.78, 5) is 0. The van der Waals surface area contributed by atoms with E-state index in [1.165, 1.54) is 4.68 Å². The zero-order chi connectivity index (χ0) is 10.1. The lowest BCUT2D eigenvalue weighted by Gasteiger charge is -1.99. The van der Waals surface area contributed by atoms with Crippen molar-refractivity contribution in [1.82, 2.24) is 25.4 Å². The lowest BCUT2D eigenvalue weighted by atomic mass is 10.2. The second kappa shape index (κ2) is 3.09. The summed E-state index contributed by atoms with van der Waals surface area (Å²) in [6.45, 7) is 4.20. The maximum Gasteiger partial charge on any atom is 0.240 e. The Kier molecular flexibility index (Phi) is 1.91. The topological polar surface area (TPSA) is 95.6 Å². The van der Waals surface area contributed by atoms with Gasteiger partial charge in [0.2, 0.25) is 5.95 Å². The molecule has 2 aromatic rings. The molecule has 0 saturated heterocycles. The number of hydrogen-bond acceptors (Lipinski definition) is 6. The van der Waals surface area contributed by atoms with Crippen molar-refractivity contribution >= 4 is 5.95 Å². The van der Waals surface area contributed by atoms with Crippen LogP contribution in [0.5, 0.6) is 0 Å². The summed E-state index contributed by atoms with van der Waals surface area (Å²) in [6.07, 6.45) is 0. The van der Waals surface area contributed by atoms with Crippen LogP contribution in [0.15, 0.2) is 4.52 Å². The van der Waals surface area contributed by atoms with Crippen molar-refractivity contribution in [3.05, 3.63) is 17.0 Å². The first-order chi connectivity index (χ1) is 6.68. The first kappa shape index (κ1) is 8.67. The van der Waals surface area contributed by atoms with E-state index in [1.807, 2.05) is 13.8 Å². The molecule has 0 radical (unpaired) electrons. The zero-order valence-corrected chi connectivity index (χ0v) is 7.93. The van der Waals surface area contributed by atoms with Crippen molar-refractivity contribution in [2.24, 2.45) is 0 Å². The molecule has 2 aromatic heterocycles. The van der Waals surface area contributed by atoms with Crippen LogP contribution < -0.4 is 5.73 Å². The summed E-state index contributed by atoms with van der Waals surface area (Å²) in [6, 6.07) is 0. The number of nitrogens with two attached hydrogens (primary N) is 1. The lowest BCUT2D eigenvalue weighted by Crippen LogP contribution is -2.07. The number of nitrogens with zero attached hydrogens (tertiary/aromatic N) is 5. The molecule has 74 valence electrons. The average Bonchev–Trinajstić information content (AvgIpc) is 2.67. The van der Waals surface area contributed by atoms with Gasteiger partial charge in [-0.2, -0.15) is 0 Å². The number of tetrazole rings is 1. The summed E-state index contributed by atoms with van der Waals surface area (Å²) in [5.41, 5.74) is 7.33. The normalized spacial score (nSPS) is 10.7. The molecule has 7 heteroatoms. The van der Waals surface area contributed by atoms with Crippen LogP contribution in [0.3, 0.4) is 0 Å². The maximum absolute atomic E-state index is 5.53. The monoisotopic (exact) mass is 194 g/mol. The van der Waals surface area contributed by atoms with Gasteiger partial charge in [0.25, 0.3) is 0 Å². The van der Waals surface area contributed by atoms with Gasteiger partial charge in [-0.1, -0.05) is 10.3 Å². The first-order valence-corrected chi connectivity index (χ1v) is 4.12. The van der Waals surface area contributed by atoms with Crippen LogP contribution in [0.1, 0.15) is 17.0 Å². The van der Waals surface area contributed by atoms with Crippen molar-refractivity contribution in [2.75, 3.05) is 5.73 Å². The number of hydrogen-bond donors (Lipinski definition) is 1. The van der Waals surface area contributed by atoms with E-state index in [4.69, 9.17) is 10.3 Å². The Morgan fingerprint density at radius 1 is 1.43 bits per heavy atom. The molecule has 14 heavy (non-hydrogen) atoms. The van der Waals surface area contributed by atoms with E-state index in [2.05, 4.69) is 20.7 Å². The van der Waals surface area contributed by atoms with E-state index in [0.717, 1.165) is 17.0 Å². The summed E-state index contributed by atoms with van der Waals surface area (Å²) in [5.74, 6) is 1.04. The molecule has 2 heterocycles. The van der Waals surface area contributed by atoms with Crippen molar-refractivity contribution < 1.29 is 4.52 Å². The number of aromatic nitrogens is 5. The number of anilines is 1. The molecule has 0 aliphatic rings. The highest BCUT2D eigenvalue weighted by atomic mass is 16.5. The van der Waals surface area contributed by atoms with E-state index in [-0.39, 0.29) is 5.95 Å². The smallest absolute Gasteiger partial charge is 0.240 e. The molecule has 7 nitrogen and oxygen atoms in total. The molecule has 0 saturated carbocycles. The third kappa shape index (κ3) is 1.32. The summed E-state index contributed by atoms with van der Waals surface area (Å²) < 4.78 is 6.50. The van der Waals surface area contributed by atoms with Gasteiger partial charge in [0.1, 0.15) is 5.76 Å². The van der Waals surface area contributed by atoms with Crippen LogP contribution in [-0.2, 0) is 6.54 Å². The summed E-state index contributed by atoms with van der Waals surface area (Å²) >= 11 is 0. The Hall–Kier alpha value is -1.92. The maximum atomic E-state index is 5.53. The molecule has 0 unspecified atom stereocenters. The van der Waals surface area contributed by atoms with Crippen LogP contribution in [0.2, 0.25) is 0 Å². The van der Waals surface area contributed by atoms with Gasteiger partial charge < -0.3 is 10.3 Å². The fraction of sp³-hybridized carbons (Fsp3) is 0.429. The Balaban J connectivity index is 2.31. The minimum absolute atomic E-state index is 0.282. The second-order valence-corrected chi connectivity index (χ2v) is 3.00. The third-order valence-corrected chi connectivity index (χ3v) is 2.05. The van der Waals surface area contributed by atoms with Gasteiger partial charge in [0, 0.05) is 5.56 Å². The highest BCUT2D eigenvalue weighted by molar-refractivity contribution is 5.23. The highest BCUT2D eigenvalue weighted by Gasteiger charge is 2.11. The molecule has 0 atom stereocenters. The molecular weight excluding hydrogens is 184 g/mol. The highest BCUT2D eigenvalue weighted by Crippen LogP contribution is 2.13. The van der Waals surface area contributed by atoms with Gasteiger partial charge in [-0.3, -0.25) is 0 Å². The largest absolute Gasteiger partial charge is 0.367 e. The Labute approximate surface area is 79.9 Å². The minimum Gasteiger partial charge on any atom is -0.367 e. The molecule has 0 aromatic carbocycles. The van der Waals surface area contributed by atoms with E-state index >= 15 is 0 Å². The Morgan fingerprint density at radius 2 is 2.21 bits per heavy atom. The summed E-state index contributed by atoms with van der Waals surface area (Å²) in [5, 5.41) is 14.6. The molecule has 0 aliphatic heterocycles. The number of rotatable bonds is 2. The molecule has 0 bridgehead atoms. The van der Waals surface area contributed by atoms with E-state index in [0.29, 0.717) is 6.54 Å². The van der Waals surface area contributed by atoms with Crippen LogP contribution >= 0.6 is 0 Å². The van der Waals surface area contributed by atoms with Gasteiger partial charge >= 0.3 is 0 Å². The molecule has 2 rings (SSSR count). The van der Waals surface area contributed by atoms with E-state index < -0.39 is 0 Å². The molecule has 0 spiro atoms. The van der Waals surface area contributed by atoms with Crippen LogP contribution in [0.25, 0.3) is 0 Å². The van der Waals surface area contributed by atoms with Gasteiger partial charge in [-0.15, -0.1) is 0 Å². The van der Waals surface area contributed by atoms with Gasteiger partial charge in [-0.25, -0.2) is 4.68 Å². The van der Waals surface area contributed by atoms with Crippen LogP contribution in [-0.4, -0.2) is 25.4 Å². The number of nitrogen functional groups attached to an aromatic ring is 1. The van der Waals surface area contributed by atoms with Gasteiger partial charge in [-0.05, 0) is 24.3 Å². The zero-order valence-electron chi connectivity index (χ0n) is 7.93. The fourth-order valence-corrected chi connectivity index (χ4v) is 1.20. The van der Waals surface area contributed by atoms with Crippen molar-refractivity contribution in [3.63, 3.8) is 0 Å². The number of aryl methyl sites for hydroxylation is 2. The van der Waals surface area contributed by atoms with Gasteiger partial charge in [0.05, 0.1) is 12.2 Å². The minimum atomic E-state index is 0.282. The Morgan fingerprint density at radius 3 is 2.71 bits per heavy atom. The van der Waals surface area contributed by atoms with Crippen LogP contribution in [0.4, 0.5) is 5.95 Å². The average molecular weight is 194 g/mol. The molecule has 0 aliphatic carbocycles. The molecule has 2 N–H and O–H groups in total. The van der Waals surface area contributed by atoms with Crippen molar-refractivity contribution in [1.29, 1.82) is 0 Å². The quantitative estimate of drug-likeness (QED) is 0.717. The van der Waals surface area contributed by atoms with E-state index in [9.17, 15) is 0 Å². The lowest BCUT2D eigenvalue weighted by molar-refractivity contribution is 0.391. The fourth-order valence-electron chi connectivity index (χ4n) is 1.20. The van der Waals surface area contributed by atoms with Crippen LogP contribution in [0, 0.1) is 13.8 Å². The molecular formula is C7H10N6O.